The molecule has 7 heteroatoms. The minimum atomic E-state index is -3.16. The Morgan fingerprint density at radius 2 is 2.08 bits per heavy atom. The van der Waals surface area contributed by atoms with Gasteiger partial charge in [0, 0.05) is 31.6 Å². The second-order valence-corrected chi connectivity index (χ2v) is 10.1. The second kappa shape index (κ2) is 6.36. The van der Waals surface area contributed by atoms with Crippen molar-refractivity contribution in [3.05, 3.63) is 30.1 Å². The van der Waals surface area contributed by atoms with Gasteiger partial charge in [-0.15, -0.1) is 0 Å². The van der Waals surface area contributed by atoms with E-state index in [9.17, 15) is 13.2 Å². The average molecular weight is 364 g/mol. The van der Waals surface area contributed by atoms with Crippen molar-refractivity contribution in [3.63, 3.8) is 0 Å². The fourth-order valence-electron chi connectivity index (χ4n) is 3.97. The Hall–Kier alpha value is -1.47. The maximum Gasteiger partial charge on any atom is 0.222 e. The number of amides is 1. The van der Waals surface area contributed by atoms with Crippen molar-refractivity contribution < 1.29 is 17.9 Å². The largest absolute Gasteiger partial charge is 0.375 e. The van der Waals surface area contributed by atoms with E-state index in [1.165, 1.54) is 0 Å². The van der Waals surface area contributed by atoms with Gasteiger partial charge in [0.05, 0.1) is 24.7 Å². The molecule has 0 radical (unpaired) electrons. The molecule has 136 valence electrons. The molecule has 1 aliphatic carbocycles. The Balaban J connectivity index is 1.36. The quantitative estimate of drug-likeness (QED) is 0.763. The topological polar surface area (TPSA) is 76.6 Å². The van der Waals surface area contributed by atoms with E-state index in [1.54, 1.807) is 11.1 Å². The maximum absolute atomic E-state index is 12.6. The summed E-state index contributed by atoms with van der Waals surface area (Å²) in [5.41, 5.74) is 0.840. The van der Waals surface area contributed by atoms with Crippen LogP contribution in [0.1, 0.15) is 31.4 Å². The highest BCUT2D eigenvalue weighted by molar-refractivity contribution is 7.93. The molecule has 1 atom stereocenters. The zero-order valence-corrected chi connectivity index (χ0v) is 15.1. The number of carbonyl (C=O) groups excluding carboxylic acids is 1. The number of likely N-dealkylation sites (tertiary alicyclic amines) is 1. The van der Waals surface area contributed by atoms with Crippen LogP contribution >= 0.6 is 0 Å². The van der Waals surface area contributed by atoms with Gasteiger partial charge in [-0.2, -0.15) is 0 Å². The van der Waals surface area contributed by atoms with Crippen LogP contribution in [0.4, 0.5) is 0 Å². The normalized spacial score (nSPS) is 26.6. The van der Waals surface area contributed by atoms with Gasteiger partial charge in [-0.3, -0.25) is 9.78 Å². The highest BCUT2D eigenvalue weighted by atomic mass is 32.2. The Morgan fingerprint density at radius 1 is 1.28 bits per heavy atom. The van der Waals surface area contributed by atoms with Crippen molar-refractivity contribution in [3.8, 4) is 0 Å². The van der Waals surface area contributed by atoms with Crippen LogP contribution in [0.5, 0.6) is 0 Å². The first-order chi connectivity index (χ1) is 12.0. The molecule has 1 amide bonds. The zero-order valence-electron chi connectivity index (χ0n) is 14.3. The van der Waals surface area contributed by atoms with Crippen LogP contribution in [0.2, 0.25) is 0 Å². The Kier molecular flexibility index (Phi) is 4.32. The standard InChI is InChI=1S/C18H24N2O4S/c21-17(9-14-4-5-14)20-12-18(13-20)15(6-8-25(18,22)23)10-24-11-16-3-1-2-7-19-16/h1-3,7,14-15H,4-6,8-13H2/t15-/m1/s1. The molecule has 6 nitrogen and oxygen atoms in total. The summed E-state index contributed by atoms with van der Waals surface area (Å²) < 4.78 is 30.2. The summed E-state index contributed by atoms with van der Waals surface area (Å²) in [4.78, 5) is 18.2. The van der Waals surface area contributed by atoms with E-state index >= 15 is 0 Å². The van der Waals surface area contributed by atoms with Crippen LogP contribution in [-0.2, 0) is 26.0 Å². The number of hydrogen-bond donors (Lipinski definition) is 0. The van der Waals surface area contributed by atoms with Gasteiger partial charge in [-0.1, -0.05) is 6.07 Å². The van der Waals surface area contributed by atoms with Gasteiger partial charge in [0.2, 0.25) is 5.91 Å². The first-order valence-corrected chi connectivity index (χ1v) is 10.6. The molecule has 2 aliphatic heterocycles. The number of ether oxygens (including phenoxy) is 1. The molecule has 1 aromatic rings. The fraction of sp³-hybridized carbons (Fsp3) is 0.667. The average Bonchev–Trinajstić information content (AvgIpc) is 3.31. The third-order valence-electron chi connectivity index (χ3n) is 5.82. The molecule has 2 saturated heterocycles. The zero-order chi connectivity index (χ0) is 17.5. The lowest BCUT2D eigenvalue weighted by molar-refractivity contribution is -0.138. The summed E-state index contributed by atoms with van der Waals surface area (Å²) in [6.45, 7) is 1.48. The number of nitrogens with zero attached hydrogens (tertiary/aromatic N) is 2. The van der Waals surface area contributed by atoms with Crippen LogP contribution in [0, 0.1) is 11.8 Å². The summed E-state index contributed by atoms with van der Waals surface area (Å²) in [7, 11) is -3.16. The van der Waals surface area contributed by atoms with E-state index in [0.717, 1.165) is 18.5 Å². The van der Waals surface area contributed by atoms with Gasteiger partial charge in [0.1, 0.15) is 4.75 Å². The van der Waals surface area contributed by atoms with Gasteiger partial charge >= 0.3 is 0 Å². The molecular weight excluding hydrogens is 340 g/mol. The number of aromatic nitrogens is 1. The second-order valence-electron chi connectivity index (χ2n) is 7.60. The Labute approximate surface area is 148 Å². The SMILES string of the molecule is O=C(CC1CC1)N1CC2(C1)[C@@H](COCc1ccccn1)CCS2(=O)=O. The number of hydrogen-bond acceptors (Lipinski definition) is 5. The third kappa shape index (κ3) is 3.19. The first-order valence-electron chi connectivity index (χ1n) is 8.98. The fourth-order valence-corrected chi connectivity index (χ4v) is 6.37. The van der Waals surface area contributed by atoms with Crippen molar-refractivity contribution in [2.45, 2.75) is 37.0 Å². The lowest BCUT2D eigenvalue weighted by Gasteiger charge is -2.50. The molecule has 3 aliphatic rings. The van der Waals surface area contributed by atoms with Crippen molar-refractivity contribution in [2.75, 3.05) is 25.4 Å². The van der Waals surface area contributed by atoms with E-state index in [0.29, 0.717) is 45.1 Å². The molecule has 0 bridgehead atoms. The lowest BCUT2D eigenvalue weighted by atomic mass is 9.83. The number of sulfone groups is 1. The van der Waals surface area contributed by atoms with Crippen LogP contribution in [-0.4, -0.2) is 54.4 Å². The molecule has 1 spiro atoms. The number of pyridine rings is 1. The Bertz CT molecular complexity index is 740. The molecule has 1 aromatic heterocycles. The highest BCUT2D eigenvalue weighted by Crippen LogP contribution is 2.45. The van der Waals surface area contributed by atoms with Gasteiger partial charge in [0.15, 0.2) is 9.84 Å². The van der Waals surface area contributed by atoms with Gasteiger partial charge in [0.25, 0.3) is 0 Å². The predicted octanol–water partition coefficient (Wildman–Crippen LogP) is 1.41. The first kappa shape index (κ1) is 17.0. The minimum absolute atomic E-state index is 0.0359. The smallest absolute Gasteiger partial charge is 0.222 e. The van der Waals surface area contributed by atoms with Crippen molar-refractivity contribution >= 4 is 15.7 Å². The molecule has 1 saturated carbocycles. The molecule has 3 heterocycles. The van der Waals surface area contributed by atoms with Crippen LogP contribution < -0.4 is 0 Å². The van der Waals surface area contributed by atoms with Crippen molar-refractivity contribution in [1.82, 2.24) is 9.88 Å². The van der Waals surface area contributed by atoms with Gasteiger partial charge < -0.3 is 9.64 Å². The number of carbonyl (C=O) groups is 1. The van der Waals surface area contributed by atoms with E-state index in [-0.39, 0.29) is 17.6 Å². The van der Waals surface area contributed by atoms with E-state index in [2.05, 4.69) is 4.98 Å². The lowest BCUT2D eigenvalue weighted by Crippen LogP contribution is -2.68. The summed E-state index contributed by atoms with van der Waals surface area (Å²) in [5.74, 6) is 0.811. The monoisotopic (exact) mass is 364 g/mol. The highest BCUT2D eigenvalue weighted by Gasteiger charge is 2.62. The Morgan fingerprint density at radius 3 is 2.76 bits per heavy atom. The van der Waals surface area contributed by atoms with Crippen LogP contribution in [0.15, 0.2) is 24.4 Å². The molecule has 0 aromatic carbocycles. The molecule has 4 rings (SSSR count). The van der Waals surface area contributed by atoms with E-state index in [4.69, 9.17) is 4.74 Å². The molecule has 0 unspecified atom stereocenters. The molecule has 25 heavy (non-hydrogen) atoms. The van der Waals surface area contributed by atoms with Crippen molar-refractivity contribution in [1.29, 1.82) is 0 Å². The minimum Gasteiger partial charge on any atom is -0.375 e. The molecule has 0 N–H and O–H groups in total. The molecular formula is C18H24N2O4S. The van der Waals surface area contributed by atoms with Crippen molar-refractivity contribution in [2.24, 2.45) is 11.8 Å². The van der Waals surface area contributed by atoms with Gasteiger partial charge in [-0.25, -0.2) is 8.42 Å². The predicted molar refractivity (Wildman–Crippen MR) is 92.4 cm³/mol. The van der Waals surface area contributed by atoms with Crippen LogP contribution in [0.25, 0.3) is 0 Å². The van der Waals surface area contributed by atoms with Gasteiger partial charge in [-0.05, 0) is 37.3 Å². The van der Waals surface area contributed by atoms with E-state index in [1.807, 2.05) is 18.2 Å². The van der Waals surface area contributed by atoms with E-state index < -0.39 is 14.6 Å². The summed E-state index contributed by atoms with van der Waals surface area (Å²) in [6, 6.07) is 5.65. The summed E-state index contributed by atoms with van der Waals surface area (Å²) >= 11 is 0. The third-order valence-corrected chi connectivity index (χ3v) is 8.43. The molecule has 3 fully saturated rings. The summed E-state index contributed by atoms with van der Waals surface area (Å²) in [6.07, 6.45) is 5.18. The maximum atomic E-state index is 12.6. The van der Waals surface area contributed by atoms with Crippen LogP contribution in [0.3, 0.4) is 0 Å². The number of rotatable bonds is 6. The summed E-state index contributed by atoms with van der Waals surface area (Å²) in [5, 5.41) is 0.